The number of aryl methyl sites for hydroxylation is 1. The number of methoxy groups -OCH3 is 1. The number of ether oxygens (including phenoxy) is 3. The molecule has 9 heteroatoms. The van der Waals surface area contributed by atoms with Crippen LogP contribution in [0.15, 0.2) is 42.5 Å². The first kappa shape index (κ1) is 22.0. The van der Waals surface area contributed by atoms with Crippen LogP contribution >= 0.6 is 0 Å². The van der Waals surface area contributed by atoms with Gasteiger partial charge in [0, 0.05) is 18.3 Å². The van der Waals surface area contributed by atoms with E-state index < -0.39 is 6.36 Å². The smallest absolute Gasteiger partial charge is 0.493 e. The molecule has 2 aromatic carbocycles. The van der Waals surface area contributed by atoms with Crippen LogP contribution in [0.4, 0.5) is 18.9 Å². The Balaban J connectivity index is 1.76. The topological polar surface area (TPSA) is 71.8 Å². The molecule has 0 N–H and O–H groups in total. The Hall–Kier alpha value is -3.67. The number of carbonyl (C=O) groups is 1. The van der Waals surface area contributed by atoms with Gasteiger partial charge >= 0.3 is 6.36 Å². The minimum atomic E-state index is -4.77. The van der Waals surface area contributed by atoms with Crippen molar-refractivity contribution in [3.05, 3.63) is 53.6 Å². The Bertz CT molecular complexity index is 1030. The van der Waals surface area contributed by atoms with Crippen molar-refractivity contribution in [3.63, 3.8) is 0 Å². The molecule has 6 nitrogen and oxygen atoms in total. The Labute approximate surface area is 177 Å². The summed E-state index contributed by atoms with van der Waals surface area (Å²) in [6.45, 7) is 0.341. The van der Waals surface area contributed by atoms with Gasteiger partial charge in [-0.25, -0.2) is 0 Å². The molecule has 1 aliphatic rings. The normalized spacial score (nSPS) is 13.5. The maximum atomic E-state index is 12.7. The minimum Gasteiger partial charge on any atom is -0.493 e. The number of anilines is 1. The number of hydrogen-bond acceptors (Lipinski definition) is 5. The second-order valence-corrected chi connectivity index (χ2v) is 6.62. The second-order valence-electron chi connectivity index (χ2n) is 6.62. The Morgan fingerprint density at radius 2 is 2.03 bits per heavy atom. The summed E-state index contributed by atoms with van der Waals surface area (Å²) in [6.07, 6.45) is -0.592. The van der Waals surface area contributed by atoms with E-state index >= 15 is 0 Å². The van der Waals surface area contributed by atoms with Crippen LogP contribution in [-0.2, 0) is 11.2 Å². The monoisotopic (exact) mass is 432 g/mol. The highest BCUT2D eigenvalue weighted by Gasteiger charge is 2.32. The van der Waals surface area contributed by atoms with E-state index in [-0.39, 0.29) is 18.3 Å². The molecule has 1 heterocycles. The number of nitriles is 1. The van der Waals surface area contributed by atoms with E-state index in [9.17, 15) is 18.0 Å². The number of fused-ring (bicyclic) bond motifs is 1. The second kappa shape index (κ2) is 9.43. The van der Waals surface area contributed by atoms with Gasteiger partial charge in [-0.15, -0.1) is 13.2 Å². The van der Waals surface area contributed by atoms with Gasteiger partial charge in [-0.1, -0.05) is 6.07 Å². The summed E-state index contributed by atoms with van der Waals surface area (Å²) in [4.78, 5) is 14.3. The van der Waals surface area contributed by atoms with Crippen LogP contribution in [0, 0.1) is 11.3 Å². The fraction of sp³-hybridized carbons (Fsp3) is 0.273. The largest absolute Gasteiger partial charge is 0.573 e. The molecule has 0 saturated carbocycles. The molecular weight excluding hydrogens is 413 g/mol. The molecule has 0 aromatic heterocycles. The molecule has 0 aliphatic carbocycles. The van der Waals surface area contributed by atoms with Gasteiger partial charge in [0.1, 0.15) is 11.8 Å². The van der Waals surface area contributed by atoms with Crippen molar-refractivity contribution in [2.75, 3.05) is 25.2 Å². The number of benzene rings is 2. The lowest BCUT2D eigenvalue weighted by atomic mass is 10.0. The lowest BCUT2D eigenvalue weighted by Crippen LogP contribution is -2.34. The van der Waals surface area contributed by atoms with Crippen molar-refractivity contribution in [1.82, 2.24) is 0 Å². The molecule has 0 radical (unpaired) electrons. The summed E-state index contributed by atoms with van der Waals surface area (Å²) in [5.41, 5.74) is 1.87. The summed E-state index contributed by atoms with van der Waals surface area (Å²) in [5.74, 6) is 0.232. The Kier molecular flexibility index (Phi) is 6.70. The molecule has 3 rings (SSSR count). The van der Waals surface area contributed by atoms with Crippen LogP contribution in [0.3, 0.4) is 0 Å². The van der Waals surface area contributed by atoms with Gasteiger partial charge in [-0.3, -0.25) is 4.79 Å². The third-order valence-electron chi connectivity index (χ3n) is 4.57. The van der Waals surface area contributed by atoms with E-state index in [2.05, 4.69) is 4.74 Å². The quantitative estimate of drug-likeness (QED) is 0.629. The highest BCUT2D eigenvalue weighted by Crippen LogP contribution is 2.33. The van der Waals surface area contributed by atoms with E-state index in [1.165, 1.54) is 36.3 Å². The van der Waals surface area contributed by atoms with Crippen LogP contribution in [-0.4, -0.2) is 32.5 Å². The van der Waals surface area contributed by atoms with E-state index in [1.807, 2.05) is 6.07 Å². The van der Waals surface area contributed by atoms with Crippen molar-refractivity contribution in [2.45, 2.75) is 19.2 Å². The van der Waals surface area contributed by atoms with E-state index in [0.717, 1.165) is 0 Å². The standard InChI is InChI=1S/C22H19F3N2O4/c1-29-20-13-15(4-8-19(20)30-12-10-26)5-9-21(28)27-11-2-3-16-14-17(6-7-18(16)27)31-22(23,24)25/h4-9,13-14H,2-3,11-12H2,1H3/b9-5+. The number of hydrogen-bond donors (Lipinski definition) is 0. The first-order valence-corrected chi connectivity index (χ1v) is 9.37. The van der Waals surface area contributed by atoms with Crippen molar-refractivity contribution in [2.24, 2.45) is 0 Å². The first-order valence-electron chi connectivity index (χ1n) is 9.37. The average Bonchev–Trinajstić information content (AvgIpc) is 2.74. The molecule has 162 valence electrons. The van der Waals surface area contributed by atoms with Crippen molar-refractivity contribution >= 4 is 17.7 Å². The molecule has 0 bridgehead atoms. The van der Waals surface area contributed by atoms with E-state index in [0.29, 0.717) is 47.7 Å². The number of halogens is 3. The molecule has 0 spiro atoms. The van der Waals surface area contributed by atoms with Crippen molar-refractivity contribution in [1.29, 1.82) is 5.26 Å². The number of alkyl halides is 3. The Morgan fingerprint density at radius 3 is 2.74 bits per heavy atom. The number of rotatable bonds is 6. The molecule has 31 heavy (non-hydrogen) atoms. The van der Waals surface area contributed by atoms with Crippen LogP contribution in [0.2, 0.25) is 0 Å². The van der Waals surface area contributed by atoms with Gasteiger partial charge in [0.15, 0.2) is 18.1 Å². The SMILES string of the molecule is COc1cc(/C=C/C(=O)N2CCCc3cc(OC(F)(F)F)ccc32)ccc1OCC#N. The molecule has 1 aliphatic heterocycles. The molecule has 0 saturated heterocycles. The minimum absolute atomic E-state index is 0.117. The third kappa shape index (κ3) is 5.69. The summed E-state index contributed by atoms with van der Waals surface area (Å²) in [6, 6.07) is 10.9. The Morgan fingerprint density at radius 1 is 1.23 bits per heavy atom. The predicted octanol–water partition coefficient (Wildman–Crippen LogP) is 4.49. The zero-order valence-electron chi connectivity index (χ0n) is 16.6. The highest BCUT2D eigenvalue weighted by molar-refractivity contribution is 6.04. The van der Waals surface area contributed by atoms with Crippen LogP contribution < -0.4 is 19.1 Å². The summed E-state index contributed by atoms with van der Waals surface area (Å²) in [5, 5.41) is 8.62. The average molecular weight is 432 g/mol. The molecule has 1 amide bonds. The van der Waals surface area contributed by atoms with Crippen molar-refractivity contribution < 1.29 is 32.2 Å². The number of amides is 1. The molecule has 0 atom stereocenters. The van der Waals surface area contributed by atoms with Gasteiger partial charge in [0.2, 0.25) is 0 Å². The predicted molar refractivity (Wildman–Crippen MR) is 107 cm³/mol. The highest BCUT2D eigenvalue weighted by atomic mass is 19.4. The molecule has 0 unspecified atom stereocenters. The fourth-order valence-corrected chi connectivity index (χ4v) is 3.27. The summed E-state index contributed by atoms with van der Waals surface area (Å²) in [7, 11) is 1.47. The van der Waals surface area contributed by atoms with Gasteiger partial charge in [0.25, 0.3) is 5.91 Å². The zero-order valence-corrected chi connectivity index (χ0v) is 16.6. The molecular formula is C22H19F3N2O4. The van der Waals surface area contributed by atoms with Crippen LogP contribution in [0.1, 0.15) is 17.5 Å². The van der Waals surface area contributed by atoms with Gasteiger partial charge in [-0.2, -0.15) is 5.26 Å². The fourth-order valence-electron chi connectivity index (χ4n) is 3.27. The summed E-state index contributed by atoms with van der Waals surface area (Å²) >= 11 is 0. The molecule has 0 fully saturated rings. The van der Waals surface area contributed by atoms with Gasteiger partial charge < -0.3 is 19.1 Å². The lowest BCUT2D eigenvalue weighted by molar-refractivity contribution is -0.274. The van der Waals surface area contributed by atoms with Crippen molar-refractivity contribution in [3.8, 4) is 23.3 Å². The maximum absolute atomic E-state index is 12.7. The van der Waals surface area contributed by atoms with Gasteiger partial charge in [0.05, 0.1) is 7.11 Å². The van der Waals surface area contributed by atoms with Crippen LogP contribution in [0.25, 0.3) is 6.08 Å². The van der Waals surface area contributed by atoms with E-state index in [4.69, 9.17) is 14.7 Å². The van der Waals surface area contributed by atoms with E-state index in [1.54, 1.807) is 24.3 Å². The zero-order chi connectivity index (χ0) is 22.4. The summed E-state index contributed by atoms with van der Waals surface area (Å²) < 4.78 is 51.8. The first-order chi connectivity index (χ1) is 14.8. The maximum Gasteiger partial charge on any atom is 0.573 e. The number of nitrogens with zero attached hydrogens (tertiary/aromatic N) is 2. The number of carbonyl (C=O) groups excluding carboxylic acids is 1. The van der Waals surface area contributed by atoms with Crippen LogP contribution in [0.5, 0.6) is 17.2 Å². The molecule has 2 aromatic rings. The van der Waals surface area contributed by atoms with Gasteiger partial charge in [-0.05, 0) is 60.4 Å². The lowest BCUT2D eigenvalue weighted by Gasteiger charge is -2.29. The third-order valence-corrected chi connectivity index (χ3v) is 4.57.